The molecule has 0 bridgehead atoms. The van der Waals surface area contributed by atoms with Crippen LogP contribution in [-0.4, -0.2) is 12.9 Å². The fraction of sp³-hybridized carbons (Fsp3) is 0.250. The molecule has 19 heavy (non-hydrogen) atoms. The van der Waals surface area contributed by atoms with E-state index in [-0.39, 0.29) is 0 Å². The van der Waals surface area contributed by atoms with E-state index in [1.807, 2.05) is 36.0 Å². The van der Waals surface area contributed by atoms with E-state index >= 15 is 0 Å². The van der Waals surface area contributed by atoms with Crippen LogP contribution >= 0.6 is 11.8 Å². The smallest absolute Gasteiger partial charge is 0.118 e. The van der Waals surface area contributed by atoms with Crippen LogP contribution in [0.1, 0.15) is 11.1 Å². The summed E-state index contributed by atoms with van der Waals surface area (Å²) in [7, 11) is 1.69. The largest absolute Gasteiger partial charge is 0.497 e. The van der Waals surface area contributed by atoms with Crippen molar-refractivity contribution in [2.24, 2.45) is 0 Å². The minimum atomic E-state index is 0.870. The Morgan fingerprint density at radius 3 is 2.53 bits per heavy atom. The fourth-order valence-electron chi connectivity index (χ4n) is 1.86. The van der Waals surface area contributed by atoms with E-state index in [2.05, 4.69) is 25.1 Å². The number of hydrogen-bond donors (Lipinski definition) is 1. The Labute approximate surface area is 119 Å². The van der Waals surface area contributed by atoms with Crippen LogP contribution in [0.2, 0.25) is 0 Å². The van der Waals surface area contributed by atoms with E-state index in [1.165, 1.54) is 16.0 Å². The highest BCUT2D eigenvalue weighted by Crippen LogP contribution is 2.26. The zero-order valence-electron chi connectivity index (χ0n) is 11.3. The lowest BCUT2D eigenvalue weighted by Gasteiger charge is -2.08. The maximum Gasteiger partial charge on any atom is 0.118 e. The summed E-state index contributed by atoms with van der Waals surface area (Å²) in [6, 6.07) is 14.3. The van der Waals surface area contributed by atoms with E-state index in [0.717, 1.165) is 23.6 Å². The quantitative estimate of drug-likeness (QED) is 0.662. The predicted octanol–water partition coefficient (Wildman–Crippen LogP) is 3.92. The van der Waals surface area contributed by atoms with Crippen molar-refractivity contribution in [1.82, 2.24) is 0 Å². The summed E-state index contributed by atoms with van der Waals surface area (Å²) in [5, 5.41) is 0. The van der Waals surface area contributed by atoms with Gasteiger partial charge in [0, 0.05) is 16.3 Å². The number of hydrogen-bond acceptors (Lipinski definition) is 3. The van der Waals surface area contributed by atoms with Crippen molar-refractivity contribution in [3.8, 4) is 5.75 Å². The zero-order chi connectivity index (χ0) is 13.7. The number of aryl methyl sites for hydroxylation is 1. The molecule has 0 aliphatic heterocycles. The third-order valence-corrected chi connectivity index (χ3v) is 4.29. The van der Waals surface area contributed by atoms with Gasteiger partial charge in [-0.1, -0.05) is 18.2 Å². The molecule has 0 radical (unpaired) electrons. The molecule has 0 heterocycles. The van der Waals surface area contributed by atoms with Crippen molar-refractivity contribution in [3.63, 3.8) is 0 Å². The van der Waals surface area contributed by atoms with E-state index in [4.69, 9.17) is 10.5 Å². The first-order valence-electron chi connectivity index (χ1n) is 6.31. The molecule has 0 aromatic heterocycles. The maximum absolute atomic E-state index is 5.91. The van der Waals surface area contributed by atoms with Gasteiger partial charge in [0.2, 0.25) is 0 Å². The lowest BCUT2D eigenvalue weighted by molar-refractivity contribution is 0.414. The summed E-state index contributed by atoms with van der Waals surface area (Å²) in [5.74, 6) is 1.96. The summed E-state index contributed by atoms with van der Waals surface area (Å²) >= 11 is 1.85. The molecule has 3 heteroatoms. The van der Waals surface area contributed by atoms with Crippen LogP contribution in [0.4, 0.5) is 5.69 Å². The second-order valence-corrected chi connectivity index (χ2v) is 5.55. The first-order valence-corrected chi connectivity index (χ1v) is 7.30. The van der Waals surface area contributed by atoms with Crippen LogP contribution < -0.4 is 10.5 Å². The summed E-state index contributed by atoms with van der Waals surface area (Å²) in [6.45, 7) is 2.07. The molecular weight excluding hydrogens is 254 g/mol. The van der Waals surface area contributed by atoms with Crippen LogP contribution in [0.3, 0.4) is 0 Å². The summed E-state index contributed by atoms with van der Waals surface area (Å²) in [6.07, 6.45) is 1.04. The molecule has 2 rings (SSSR count). The number of ether oxygens (including phenoxy) is 1. The van der Waals surface area contributed by atoms with Crippen LogP contribution in [0, 0.1) is 6.92 Å². The highest BCUT2D eigenvalue weighted by Gasteiger charge is 2.02. The Hall–Kier alpha value is -1.61. The van der Waals surface area contributed by atoms with Crippen molar-refractivity contribution in [3.05, 3.63) is 53.6 Å². The Balaban J connectivity index is 1.90. The molecule has 0 aliphatic carbocycles. The molecule has 0 amide bonds. The summed E-state index contributed by atoms with van der Waals surface area (Å²) in [4.78, 5) is 1.27. The topological polar surface area (TPSA) is 35.2 Å². The normalized spacial score (nSPS) is 10.4. The molecule has 100 valence electrons. The van der Waals surface area contributed by atoms with Gasteiger partial charge >= 0.3 is 0 Å². The second-order valence-electron chi connectivity index (χ2n) is 4.42. The molecule has 0 aliphatic rings. The minimum absolute atomic E-state index is 0.870. The number of anilines is 1. The average Bonchev–Trinajstić information content (AvgIpc) is 2.44. The first-order chi connectivity index (χ1) is 9.20. The number of nitrogens with two attached hydrogens (primary N) is 1. The Bertz CT molecular complexity index is 537. The third-order valence-electron chi connectivity index (χ3n) is 3.13. The zero-order valence-corrected chi connectivity index (χ0v) is 12.2. The number of nitrogen functional groups attached to an aromatic ring is 1. The van der Waals surface area contributed by atoms with Gasteiger partial charge in [-0.2, -0.15) is 0 Å². The summed E-state index contributed by atoms with van der Waals surface area (Å²) < 4.78 is 5.15. The molecule has 0 unspecified atom stereocenters. The molecule has 0 fully saturated rings. The predicted molar refractivity (Wildman–Crippen MR) is 83.0 cm³/mol. The molecule has 0 spiro atoms. The molecular formula is C16H19NOS. The van der Waals surface area contributed by atoms with Gasteiger partial charge in [-0.3, -0.25) is 0 Å². The van der Waals surface area contributed by atoms with E-state index in [1.54, 1.807) is 7.11 Å². The maximum atomic E-state index is 5.91. The fourth-order valence-corrected chi connectivity index (χ4v) is 2.93. The number of methoxy groups -OCH3 is 1. The first kappa shape index (κ1) is 13.8. The third kappa shape index (κ3) is 3.67. The lowest BCUT2D eigenvalue weighted by atomic mass is 10.2. The van der Waals surface area contributed by atoms with Crippen molar-refractivity contribution in [2.45, 2.75) is 18.2 Å². The van der Waals surface area contributed by atoms with Gasteiger partial charge in [0.1, 0.15) is 5.75 Å². The van der Waals surface area contributed by atoms with E-state index < -0.39 is 0 Å². The average molecular weight is 273 g/mol. The van der Waals surface area contributed by atoms with Gasteiger partial charge in [0.15, 0.2) is 0 Å². The number of thioether (sulfide) groups is 1. The standard InChI is InChI=1S/C16H19NOS/c1-12-15(17)4-3-5-16(12)19-11-10-13-6-8-14(18-2)9-7-13/h3-9H,10-11,17H2,1-2H3. The van der Waals surface area contributed by atoms with Gasteiger partial charge in [-0.25, -0.2) is 0 Å². The molecule has 2 N–H and O–H groups in total. The molecule has 0 saturated heterocycles. The molecule has 2 aromatic rings. The van der Waals surface area contributed by atoms with Gasteiger partial charge < -0.3 is 10.5 Å². The highest BCUT2D eigenvalue weighted by molar-refractivity contribution is 7.99. The van der Waals surface area contributed by atoms with E-state index in [9.17, 15) is 0 Å². The van der Waals surface area contributed by atoms with Gasteiger partial charge in [-0.15, -0.1) is 11.8 Å². The van der Waals surface area contributed by atoms with Crippen molar-refractivity contribution >= 4 is 17.4 Å². The molecule has 0 atom stereocenters. The number of benzene rings is 2. The Morgan fingerprint density at radius 1 is 1.11 bits per heavy atom. The van der Waals surface area contributed by atoms with Gasteiger partial charge in [0.05, 0.1) is 7.11 Å². The molecule has 2 nitrogen and oxygen atoms in total. The van der Waals surface area contributed by atoms with Gasteiger partial charge in [0.25, 0.3) is 0 Å². The van der Waals surface area contributed by atoms with Crippen LogP contribution in [-0.2, 0) is 6.42 Å². The van der Waals surface area contributed by atoms with E-state index in [0.29, 0.717) is 0 Å². The van der Waals surface area contributed by atoms with Crippen LogP contribution in [0.5, 0.6) is 5.75 Å². The second kappa shape index (κ2) is 6.53. The van der Waals surface area contributed by atoms with Crippen molar-refractivity contribution < 1.29 is 4.74 Å². The lowest BCUT2D eigenvalue weighted by Crippen LogP contribution is -1.93. The van der Waals surface area contributed by atoms with Crippen LogP contribution in [0.15, 0.2) is 47.4 Å². The minimum Gasteiger partial charge on any atom is -0.497 e. The van der Waals surface area contributed by atoms with Crippen molar-refractivity contribution in [2.75, 3.05) is 18.6 Å². The SMILES string of the molecule is COc1ccc(CCSc2cccc(N)c2C)cc1. The van der Waals surface area contributed by atoms with Crippen LogP contribution in [0.25, 0.3) is 0 Å². The molecule has 0 saturated carbocycles. The Morgan fingerprint density at radius 2 is 1.84 bits per heavy atom. The summed E-state index contributed by atoms with van der Waals surface area (Å²) in [5.41, 5.74) is 9.29. The molecule has 2 aromatic carbocycles. The highest BCUT2D eigenvalue weighted by atomic mass is 32.2. The monoisotopic (exact) mass is 273 g/mol. The Kier molecular flexibility index (Phi) is 4.74. The number of rotatable bonds is 5. The van der Waals surface area contributed by atoms with Gasteiger partial charge in [-0.05, 0) is 48.7 Å². The van der Waals surface area contributed by atoms with Crippen molar-refractivity contribution in [1.29, 1.82) is 0 Å².